The van der Waals surface area contributed by atoms with Crippen LogP contribution in [0.3, 0.4) is 0 Å². The van der Waals surface area contributed by atoms with E-state index in [1.165, 1.54) is 12.1 Å². The van der Waals surface area contributed by atoms with Crippen molar-refractivity contribution in [3.05, 3.63) is 53.3 Å². The zero-order valence-corrected chi connectivity index (χ0v) is 11.0. The van der Waals surface area contributed by atoms with Crippen LogP contribution >= 0.6 is 11.6 Å². The average molecular weight is 289 g/mol. The minimum Gasteiger partial charge on any atom is -0.383 e. The molecule has 0 aliphatic rings. The molecule has 0 saturated carbocycles. The first-order chi connectivity index (χ1) is 9.63. The highest BCUT2D eigenvalue weighted by Crippen LogP contribution is 2.24. The smallest absolute Gasteiger partial charge is 0.229 e. The maximum atomic E-state index is 13.1. The Kier molecular flexibility index (Phi) is 3.12. The lowest BCUT2D eigenvalue weighted by molar-refractivity contribution is 0.628. The molecule has 3 N–H and O–H groups in total. The van der Waals surface area contributed by atoms with Crippen LogP contribution in [0.15, 0.2) is 42.5 Å². The van der Waals surface area contributed by atoms with E-state index in [4.69, 9.17) is 17.3 Å². The summed E-state index contributed by atoms with van der Waals surface area (Å²) in [5, 5.41) is 3.77. The van der Waals surface area contributed by atoms with Crippen molar-refractivity contribution < 1.29 is 4.39 Å². The number of hydrogen-bond donors (Lipinski definition) is 2. The molecule has 0 fully saturated rings. The lowest BCUT2D eigenvalue weighted by atomic mass is 10.2. The summed E-state index contributed by atoms with van der Waals surface area (Å²) in [7, 11) is 0. The molecule has 3 rings (SSSR count). The molecule has 1 heterocycles. The molecule has 0 bridgehead atoms. The molecule has 100 valence electrons. The van der Waals surface area contributed by atoms with Crippen molar-refractivity contribution in [1.29, 1.82) is 0 Å². The van der Waals surface area contributed by atoms with E-state index in [0.29, 0.717) is 17.5 Å². The van der Waals surface area contributed by atoms with Gasteiger partial charge in [-0.05, 0) is 30.3 Å². The average Bonchev–Trinajstić information content (AvgIpc) is 2.43. The summed E-state index contributed by atoms with van der Waals surface area (Å²) >= 11 is 5.73. The summed E-state index contributed by atoms with van der Waals surface area (Å²) < 4.78 is 13.1. The Morgan fingerprint density at radius 2 is 1.90 bits per heavy atom. The van der Waals surface area contributed by atoms with Gasteiger partial charge in [0.1, 0.15) is 11.6 Å². The SMILES string of the molecule is Nc1nc(Nc2ccc(F)c(Cl)c2)nc2ccccc12. The van der Waals surface area contributed by atoms with Gasteiger partial charge >= 0.3 is 0 Å². The number of nitrogen functional groups attached to an aromatic ring is 1. The molecule has 20 heavy (non-hydrogen) atoms. The minimum absolute atomic E-state index is 0.0313. The van der Waals surface area contributed by atoms with E-state index in [9.17, 15) is 4.39 Å². The van der Waals surface area contributed by atoms with Gasteiger partial charge in [-0.15, -0.1) is 0 Å². The molecule has 0 aliphatic carbocycles. The fourth-order valence-electron chi connectivity index (χ4n) is 1.86. The van der Waals surface area contributed by atoms with Crippen LogP contribution in [0, 0.1) is 5.82 Å². The fraction of sp³-hybridized carbons (Fsp3) is 0. The highest BCUT2D eigenvalue weighted by molar-refractivity contribution is 6.31. The van der Waals surface area contributed by atoms with E-state index in [2.05, 4.69) is 15.3 Å². The zero-order chi connectivity index (χ0) is 14.1. The summed E-state index contributed by atoms with van der Waals surface area (Å²) in [6.45, 7) is 0. The van der Waals surface area contributed by atoms with Crippen molar-refractivity contribution in [1.82, 2.24) is 9.97 Å². The van der Waals surface area contributed by atoms with Crippen LogP contribution in [-0.2, 0) is 0 Å². The molecule has 0 atom stereocenters. The summed E-state index contributed by atoms with van der Waals surface area (Å²) in [6.07, 6.45) is 0. The lowest BCUT2D eigenvalue weighted by Gasteiger charge is -2.08. The van der Waals surface area contributed by atoms with Gasteiger partial charge in [0, 0.05) is 11.1 Å². The number of para-hydroxylation sites is 1. The van der Waals surface area contributed by atoms with Crippen LogP contribution in [0.5, 0.6) is 0 Å². The third kappa shape index (κ3) is 2.35. The Hall–Kier alpha value is -2.40. The largest absolute Gasteiger partial charge is 0.383 e. The van der Waals surface area contributed by atoms with Gasteiger partial charge in [0.25, 0.3) is 0 Å². The standard InChI is InChI=1S/C14H10ClFN4/c15-10-7-8(5-6-11(10)16)18-14-19-12-4-2-1-3-9(12)13(17)20-14/h1-7H,(H3,17,18,19,20). The summed E-state index contributed by atoms with van der Waals surface area (Å²) in [6, 6.07) is 11.7. The maximum absolute atomic E-state index is 13.1. The Morgan fingerprint density at radius 3 is 2.70 bits per heavy atom. The Bertz CT molecular complexity index is 791. The van der Waals surface area contributed by atoms with Gasteiger partial charge in [0.15, 0.2) is 0 Å². The third-order valence-electron chi connectivity index (χ3n) is 2.81. The molecule has 0 radical (unpaired) electrons. The van der Waals surface area contributed by atoms with Gasteiger partial charge < -0.3 is 11.1 Å². The van der Waals surface area contributed by atoms with Crippen molar-refractivity contribution in [2.75, 3.05) is 11.1 Å². The Balaban J connectivity index is 2.00. The van der Waals surface area contributed by atoms with Gasteiger partial charge in [-0.25, -0.2) is 9.37 Å². The summed E-state index contributed by atoms with van der Waals surface area (Å²) in [5.41, 5.74) is 7.21. The molecule has 0 unspecified atom stereocenters. The first-order valence-electron chi connectivity index (χ1n) is 5.88. The van der Waals surface area contributed by atoms with E-state index in [-0.39, 0.29) is 5.02 Å². The Morgan fingerprint density at radius 1 is 1.10 bits per heavy atom. The molecule has 4 nitrogen and oxygen atoms in total. The van der Waals surface area contributed by atoms with Crippen LogP contribution in [0.1, 0.15) is 0 Å². The predicted molar refractivity (Wildman–Crippen MR) is 78.6 cm³/mol. The predicted octanol–water partition coefficient (Wildman–Crippen LogP) is 3.75. The number of nitrogens with two attached hydrogens (primary N) is 1. The number of benzene rings is 2. The van der Waals surface area contributed by atoms with Crippen molar-refractivity contribution in [3.8, 4) is 0 Å². The fourth-order valence-corrected chi connectivity index (χ4v) is 2.04. The van der Waals surface area contributed by atoms with Gasteiger partial charge in [0.2, 0.25) is 5.95 Å². The zero-order valence-electron chi connectivity index (χ0n) is 10.3. The number of nitrogens with zero attached hydrogens (tertiary/aromatic N) is 2. The molecule has 3 aromatic rings. The second kappa shape index (κ2) is 4.94. The number of halogens is 2. The highest BCUT2D eigenvalue weighted by atomic mass is 35.5. The van der Waals surface area contributed by atoms with Gasteiger partial charge in [-0.1, -0.05) is 23.7 Å². The Labute approximate surface area is 119 Å². The third-order valence-corrected chi connectivity index (χ3v) is 3.10. The van der Waals surface area contributed by atoms with Crippen molar-refractivity contribution in [2.24, 2.45) is 0 Å². The molecule has 0 aliphatic heterocycles. The minimum atomic E-state index is -0.476. The number of nitrogens with one attached hydrogen (secondary N) is 1. The summed E-state index contributed by atoms with van der Waals surface area (Å²) in [4.78, 5) is 8.51. The molecule has 2 aromatic carbocycles. The molecule has 0 saturated heterocycles. The first kappa shape index (κ1) is 12.6. The van der Waals surface area contributed by atoms with Crippen molar-refractivity contribution in [3.63, 3.8) is 0 Å². The van der Waals surface area contributed by atoms with Gasteiger partial charge in [-0.3, -0.25) is 0 Å². The lowest BCUT2D eigenvalue weighted by Crippen LogP contribution is -2.01. The molecule has 1 aromatic heterocycles. The topological polar surface area (TPSA) is 63.8 Å². The van der Waals surface area contributed by atoms with E-state index in [0.717, 1.165) is 10.9 Å². The first-order valence-corrected chi connectivity index (χ1v) is 6.25. The number of rotatable bonds is 2. The van der Waals surface area contributed by atoms with E-state index in [1.807, 2.05) is 24.3 Å². The van der Waals surface area contributed by atoms with Crippen LogP contribution < -0.4 is 11.1 Å². The van der Waals surface area contributed by atoms with Crippen LogP contribution in [0.25, 0.3) is 10.9 Å². The quantitative estimate of drug-likeness (QED) is 0.754. The number of hydrogen-bond acceptors (Lipinski definition) is 4. The number of aromatic nitrogens is 2. The number of anilines is 3. The second-order valence-corrected chi connectivity index (χ2v) is 4.61. The molecule has 6 heteroatoms. The molecule has 0 spiro atoms. The highest BCUT2D eigenvalue weighted by Gasteiger charge is 2.06. The van der Waals surface area contributed by atoms with Crippen LogP contribution in [-0.4, -0.2) is 9.97 Å². The van der Waals surface area contributed by atoms with Crippen LogP contribution in [0.4, 0.5) is 21.8 Å². The number of fused-ring (bicyclic) bond motifs is 1. The van der Waals surface area contributed by atoms with Crippen molar-refractivity contribution in [2.45, 2.75) is 0 Å². The molecular formula is C14H10ClFN4. The maximum Gasteiger partial charge on any atom is 0.229 e. The van der Waals surface area contributed by atoms with E-state index >= 15 is 0 Å². The van der Waals surface area contributed by atoms with E-state index in [1.54, 1.807) is 6.07 Å². The van der Waals surface area contributed by atoms with Gasteiger partial charge in [0.05, 0.1) is 10.5 Å². The van der Waals surface area contributed by atoms with Gasteiger partial charge in [-0.2, -0.15) is 4.98 Å². The van der Waals surface area contributed by atoms with Crippen LogP contribution in [0.2, 0.25) is 5.02 Å². The normalized spacial score (nSPS) is 10.7. The van der Waals surface area contributed by atoms with Crippen molar-refractivity contribution >= 4 is 40.0 Å². The summed E-state index contributed by atoms with van der Waals surface area (Å²) in [5.74, 6) is 0.242. The monoisotopic (exact) mass is 288 g/mol. The van der Waals surface area contributed by atoms with E-state index < -0.39 is 5.82 Å². The second-order valence-electron chi connectivity index (χ2n) is 4.20. The molecular weight excluding hydrogens is 279 g/mol. The molecule has 0 amide bonds.